The van der Waals surface area contributed by atoms with Crippen LogP contribution in [-0.4, -0.2) is 47.0 Å². The molecule has 3 atom stereocenters. The van der Waals surface area contributed by atoms with Crippen molar-refractivity contribution < 1.29 is 18.8 Å². The topological polar surface area (TPSA) is 48.0 Å². The molecule has 6 heteroatoms. The molecule has 3 fully saturated rings. The molecule has 0 aromatic carbocycles. The molecule has 5 nitrogen and oxygen atoms in total. The van der Waals surface area contributed by atoms with Gasteiger partial charge in [-0.25, -0.2) is 4.79 Å². The number of hydrogen-bond acceptors (Lipinski definition) is 4. The molecule has 3 aliphatic heterocycles. The molecule has 3 aliphatic rings. The minimum absolute atomic E-state index is 0.176. The number of rotatable bonds is 2. The van der Waals surface area contributed by atoms with Crippen LogP contribution in [0.1, 0.15) is 74.1 Å². The maximum absolute atomic E-state index is 12.6. The van der Waals surface area contributed by atoms with Crippen LogP contribution in [0.5, 0.6) is 0 Å². The molecule has 2 bridgehead atoms. The van der Waals surface area contributed by atoms with E-state index in [0.717, 1.165) is 31.2 Å². The van der Waals surface area contributed by atoms with E-state index >= 15 is 0 Å². The predicted molar refractivity (Wildman–Crippen MR) is 103 cm³/mol. The number of fused-ring (bicyclic) bond motifs is 2. The molecule has 0 aromatic heterocycles. The summed E-state index contributed by atoms with van der Waals surface area (Å²) in [5, 5.41) is 0. The Hall–Kier alpha value is -1.01. The number of hydrogen-bond donors (Lipinski definition) is 0. The van der Waals surface area contributed by atoms with Crippen LogP contribution in [0.2, 0.25) is 0 Å². The van der Waals surface area contributed by atoms with E-state index in [1.54, 1.807) is 0 Å². The fraction of sp³-hybridized carbons (Fsp3) is 0.850. The van der Waals surface area contributed by atoms with Crippen LogP contribution in [0.25, 0.3) is 0 Å². The van der Waals surface area contributed by atoms with Gasteiger partial charge in [-0.3, -0.25) is 0 Å². The number of nitrogens with zero attached hydrogens (tertiary/aromatic N) is 1. The van der Waals surface area contributed by atoms with Gasteiger partial charge >= 0.3 is 13.2 Å². The van der Waals surface area contributed by atoms with E-state index in [4.69, 9.17) is 14.0 Å². The zero-order valence-electron chi connectivity index (χ0n) is 17.4. The summed E-state index contributed by atoms with van der Waals surface area (Å²) >= 11 is 0. The molecular weight excluding hydrogens is 329 g/mol. The highest BCUT2D eigenvalue weighted by molar-refractivity contribution is 6.54. The van der Waals surface area contributed by atoms with Crippen LogP contribution in [0.15, 0.2) is 12.1 Å². The van der Waals surface area contributed by atoms with Crippen molar-refractivity contribution in [3.05, 3.63) is 12.1 Å². The summed E-state index contributed by atoms with van der Waals surface area (Å²) in [5.41, 5.74) is -0.141. The van der Waals surface area contributed by atoms with Crippen molar-refractivity contribution in [3.8, 4) is 0 Å². The summed E-state index contributed by atoms with van der Waals surface area (Å²) in [4.78, 5) is 14.6. The van der Waals surface area contributed by atoms with Crippen molar-refractivity contribution in [3.63, 3.8) is 0 Å². The Labute approximate surface area is 158 Å². The van der Waals surface area contributed by atoms with Crippen molar-refractivity contribution in [1.29, 1.82) is 0 Å². The van der Waals surface area contributed by atoms with Crippen LogP contribution in [-0.2, 0) is 14.0 Å². The Bertz CT molecular complexity index is 565. The van der Waals surface area contributed by atoms with Crippen LogP contribution in [0, 0.1) is 5.92 Å². The maximum atomic E-state index is 12.6. The summed E-state index contributed by atoms with van der Waals surface area (Å²) < 4.78 is 18.0. The molecule has 26 heavy (non-hydrogen) atoms. The van der Waals surface area contributed by atoms with Gasteiger partial charge in [-0.05, 0) is 85.5 Å². The van der Waals surface area contributed by atoms with Gasteiger partial charge in [-0.2, -0.15) is 0 Å². The SMILES string of the molecule is C=C(B1OC(C)(C)C(C)(C)O1)[C@@H]1CC2CC[C@@H](C1)N2C(=O)OC(C)(C)C. The quantitative estimate of drug-likeness (QED) is 0.685. The van der Waals surface area contributed by atoms with Gasteiger partial charge < -0.3 is 18.9 Å². The zero-order chi connectivity index (χ0) is 19.5. The minimum Gasteiger partial charge on any atom is -0.444 e. The average molecular weight is 363 g/mol. The van der Waals surface area contributed by atoms with Gasteiger partial charge in [-0.1, -0.05) is 0 Å². The van der Waals surface area contributed by atoms with Crippen molar-refractivity contribution in [1.82, 2.24) is 4.90 Å². The van der Waals surface area contributed by atoms with Crippen LogP contribution in [0.4, 0.5) is 4.79 Å². The van der Waals surface area contributed by atoms with Gasteiger partial charge in [0.25, 0.3) is 0 Å². The Morgan fingerprint density at radius 3 is 1.96 bits per heavy atom. The normalized spacial score (nSPS) is 32.7. The maximum Gasteiger partial charge on any atom is 0.490 e. The summed E-state index contributed by atoms with van der Waals surface area (Å²) in [6.45, 7) is 18.3. The van der Waals surface area contributed by atoms with Crippen molar-refractivity contribution in [2.45, 2.75) is 103 Å². The Morgan fingerprint density at radius 1 is 1.08 bits per heavy atom. The molecule has 1 amide bonds. The van der Waals surface area contributed by atoms with Gasteiger partial charge in [0, 0.05) is 12.1 Å². The molecule has 0 saturated carbocycles. The number of allylic oxidation sites excluding steroid dienone is 1. The predicted octanol–water partition coefficient (Wildman–Crippen LogP) is 4.35. The zero-order valence-corrected chi connectivity index (χ0v) is 17.4. The van der Waals surface area contributed by atoms with Gasteiger partial charge in [0.15, 0.2) is 0 Å². The van der Waals surface area contributed by atoms with Crippen LogP contribution >= 0.6 is 0 Å². The largest absolute Gasteiger partial charge is 0.490 e. The Morgan fingerprint density at radius 2 is 1.54 bits per heavy atom. The van der Waals surface area contributed by atoms with E-state index in [0.29, 0.717) is 5.92 Å². The minimum atomic E-state index is -0.459. The van der Waals surface area contributed by atoms with Crippen molar-refractivity contribution in [2.75, 3.05) is 0 Å². The molecular formula is C20H34BNO4. The standard InChI is InChI=1S/C20H34BNO4/c1-13(21-25-19(5,6)20(7,8)26-21)14-11-15-9-10-16(12-14)22(15)17(23)24-18(2,3)4/h14-16H,1,9-12H2,2-8H3/t14-,15-,16?/m0/s1. The number of piperidine rings is 1. The van der Waals surface area contributed by atoms with Crippen LogP contribution < -0.4 is 0 Å². The third kappa shape index (κ3) is 3.55. The molecule has 3 rings (SSSR count). The number of carbonyl (C=O) groups is 1. The molecule has 3 saturated heterocycles. The van der Waals surface area contributed by atoms with Gasteiger partial charge in [-0.15, -0.1) is 6.58 Å². The highest BCUT2D eigenvalue weighted by Gasteiger charge is 2.54. The summed E-state index contributed by atoms with van der Waals surface area (Å²) in [6.07, 6.45) is 3.73. The highest BCUT2D eigenvalue weighted by Crippen LogP contribution is 2.45. The molecule has 3 heterocycles. The number of ether oxygens (including phenoxy) is 1. The summed E-state index contributed by atoms with van der Waals surface area (Å²) in [7, 11) is -0.363. The fourth-order valence-corrected chi connectivity index (χ4v) is 4.28. The first-order valence-electron chi connectivity index (χ1n) is 9.86. The molecule has 0 N–H and O–H groups in total. The van der Waals surface area contributed by atoms with E-state index in [1.807, 2.05) is 25.7 Å². The van der Waals surface area contributed by atoms with E-state index in [-0.39, 0.29) is 36.5 Å². The second kappa shape index (κ2) is 6.27. The lowest BCUT2D eigenvalue weighted by Crippen LogP contribution is -2.49. The van der Waals surface area contributed by atoms with Crippen LogP contribution in [0.3, 0.4) is 0 Å². The monoisotopic (exact) mass is 363 g/mol. The molecule has 0 aromatic rings. The first kappa shape index (κ1) is 19.7. The summed E-state index contributed by atoms with van der Waals surface area (Å²) in [6, 6.07) is 0.459. The Kier molecular flexibility index (Phi) is 4.76. The van der Waals surface area contributed by atoms with E-state index < -0.39 is 5.60 Å². The smallest absolute Gasteiger partial charge is 0.444 e. The highest BCUT2D eigenvalue weighted by atomic mass is 16.7. The van der Waals surface area contributed by atoms with Crippen molar-refractivity contribution >= 4 is 13.2 Å². The molecule has 146 valence electrons. The van der Waals surface area contributed by atoms with Crippen molar-refractivity contribution in [2.24, 2.45) is 5.92 Å². The van der Waals surface area contributed by atoms with E-state index in [9.17, 15) is 4.79 Å². The molecule has 0 aliphatic carbocycles. The molecule has 1 unspecified atom stereocenters. The average Bonchev–Trinajstić information content (AvgIpc) is 2.86. The van der Waals surface area contributed by atoms with Gasteiger partial charge in [0.2, 0.25) is 0 Å². The summed E-state index contributed by atoms with van der Waals surface area (Å²) in [5.74, 6) is 0.320. The first-order chi connectivity index (χ1) is 11.8. The first-order valence-corrected chi connectivity index (χ1v) is 9.86. The fourth-order valence-electron chi connectivity index (χ4n) is 4.28. The third-order valence-electron chi connectivity index (χ3n) is 6.42. The lowest BCUT2D eigenvalue weighted by atomic mass is 9.68. The Balaban J connectivity index is 1.66. The third-order valence-corrected chi connectivity index (χ3v) is 6.42. The second-order valence-electron chi connectivity index (χ2n) is 10.1. The second-order valence-corrected chi connectivity index (χ2v) is 10.1. The lowest BCUT2D eigenvalue weighted by Gasteiger charge is -2.40. The van der Waals surface area contributed by atoms with Gasteiger partial charge in [0.1, 0.15) is 5.60 Å². The molecule has 0 spiro atoms. The number of amides is 1. The van der Waals surface area contributed by atoms with Gasteiger partial charge in [0.05, 0.1) is 11.2 Å². The van der Waals surface area contributed by atoms with E-state index in [1.165, 1.54) is 0 Å². The van der Waals surface area contributed by atoms with E-state index in [2.05, 4.69) is 34.3 Å². The lowest BCUT2D eigenvalue weighted by molar-refractivity contribution is 0.00416. The number of carbonyl (C=O) groups excluding carboxylic acids is 1. The molecule has 0 radical (unpaired) electrons.